The number of ether oxygens (including phenoxy) is 9. The summed E-state index contributed by atoms with van der Waals surface area (Å²) in [6.07, 6.45) is 5.12. The van der Waals surface area contributed by atoms with E-state index in [1.165, 1.54) is 11.3 Å². The number of hydrogen-bond acceptors (Lipinski definition) is 21. The number of likely N-dealkylation sites (tertiary alicyclic amines) is 1. The van der Waals surface area contributed by atoms with Gasteiger partial charge in [-0.2, -0.15) is 0 Å². The molecule has 28 nitrogen and oxygen atoms in total. The number of benzene rings is 2. The third-order valence-corrected chi connectivity index (χ3v) is 19.0. The number of nitrogens with two attached hydrogens (primary N) is 3. The maximum Gasteiger partial charge on any atom is 0.407 e. The van der Waals surface area contributed by atoms with Gasteiger partial charge in [-0.15, -0.1) is 11.3 Å². The molecular formula is C70H111N11O17S. The molecule has 1 unspecified atom stereocenters. The monoisotopic (exact) mass is 1410 g/mol. The summed E-state index contributed by atoms with van der Waals surface area (Å²) in [5.41, 5.74) is 17.5. The van der Waals surface area contributed by atoms with Gasteiger partial charge in [-0.25, -0.2) is 9.78 Å². The Kier molecular flexibility index (Phi) is 37.6. The minimum absolute atomic E-state index is 0.0199. The van der Waals surface area contributed by atoms with Crippen LogP contribution in [0, 0.1) is 17.8 Å². The van der Waals surface area contributed by atoms with Crippen molar-refractivity contribution in [2.45, 2.75) is 172 Å². The quantitative estimate of drug-likeness (QED) is 0.0365. The van der Waals surface area contributed by atoms with E-state index >= 15 is 0 Å². The molecule has 1 saturated carbocycles. The van der Waals surface area contributed by atoms with Crippen LogP contribution in [0.2, 0.25) is 0 Å². The summed E-state index contributed by atoms with van der Waals surface area (Å²) in [6, 6.07) is 13.0. The number of carbonyl (C=O) groups is 8. The maximum absolute atomic E-state index is 14.8. The molecule has 2 aromatic carbocycles. The molecular weight excluding hydrogens is 1300 g/mol. The van der Waals surface area contributed by atoms with E-state index in [2.05, 4.69) is 31.6 Å². The fourth-order valence-corrected chi connectivity index (χ4v) is 12.9. The first-order valence-corrected chi connectivity index (χ1v) is 35.5. The van der Waals surface area contributed by atoms with E-state index in [0.717, 1.165) is 35.4 Å². The number of primary amides is 2. The molecule has 0 radical (unpaired) electrons. The van der Waals surface area contributed by atoms with Gasteiger partial charge in [0.05, 0.1) is 128 Å². The Morgan fingerprint density at radius 3 is 1.89 bits per heavy atom. The molecule has 99 heavy (non-hydrogen) atoms. The minimum Gasteiger partial charge on any atom is -0.445 e. The maximum atomic E-state index is 14.8. The standard InChI is InChI=1S/C70H111N11O17S/c1-9-48(4)61(57(90-7)45-59(83)81-30-15-18-56(81)62(91-8)49(5)65(86)77-55(66-74-29-43-99-66)44-50-16-11-10-12-17-50)80(6)67(87)60(47(2)3)78-68(88)70(26-13-14-27-70)79-58(82)25-31-92-33-35-94-37-39-96-41-42-97-40-38-95-36-34-93-32-28-75-69(89)98-46-51-19-21-52(22-20-51)76-54(64(73)85)24-23-53(71)63(72)84/h10-12,16-17,19-22,29,43,47-49,53-57,60-62,76H,9,13-15,18,23-28,30-42,44-46,71H2,1-8H3,(H2,72,84)(H2,73,85)(H,75,89)(H,77,86)(H,78,88)(H,79,82)/t48-,49+,53?,54-,55-,56-,57+,60-,61-,62+/m0/s1. The lowest BCUT2D eigenvalue weighted by atomic mass is 9.89. The van der Waals surface area contributed by atoms with Crippen molar-refractivity contribution in [2.75, 3.05) is 119 Å². The van der Waals surface area contributed by atoms with Crippen molar-refractivity contribution in [3.63, 3.8) is 0 Å². The number of methoxy groups -OCH3 is 2. The molecule has 0 spiro atoms. The van der Waals surface area contributed by atoms with Crippen LogP contribution in [0.4, 0.5) is 10.5 Å². The number of amides is 8. The van der Waals surface area contributed by atoms with E-state index in [0.29, 0.717) is 97.2 Å². The van der Waals surface area contributed by atoms with Crippen molar-refractivity contribution < 1.29 is 81.0 Å². The molecule has 2 fully saturated rings. The summed E-state index contributed by atoms with van der Waals surface area (Å²) in [5, 5.41) is 17.6. The molecule has 8 amide bonds. The lowest BCUT2D eigenvalue weighted by molar-refractivity contribution is -0.148. The number of anilines is 1. The summed E-state index contributed by atoms with van der Waals surface area (Å²) in [6.45, 7) is 14.1. The van der Waals surface area contributed by atoms with Gasteiger partial charge in [0.1, 0.15) is 29.2 Å². The number of carbonyl (C=O) groups excluding carboxylic acids is 8. The summed E-state index contributed by atoms with van der Waals surface area (Å²) in [7, 11) is 4.82. The molecule has 1 saturated heterocycles. The Morgan fingerprint density at radius 1 is 0.737 bits per heavy atom. The first-order valence-electron chi connectivity index (χ1n) is 34.7. The van der Waals surface area contributed by atoms with Crippen LogP contribution in [0.3, 0.4) is 0 Å². The first kappa shape index (κ1) is 82.7. The van der Waals surface area contributed by atoms with E-state index in [1.807, 2.05) is 75.2 Å². The molecule has 3 aromatic rings. The average Bonchev–Trinajstić information content (AvgIpc) is 1.71. The third-order valence-electron chi connectivity index (χ3n) is 18.1. The highest BCUT2D eigenvalue weighted by molar-refractivity contribution is 7.09. The lowest BCUT2D eigenvalue weighted by Gasteiger charge is -2.41. The smallest absolute Gasteiger partial charge is 0.407 e. The third kappa shape index (κ3) is 28.2. The zero-order valence-electron chi connectivity index (χ0n) is 59.2. The highest BCUT2D eigenvalue weighted by Crippen LogP contribution is 2.33. The number of nitrogens with one attached hydrogen (secondary N) is 5. The summed E-state index contributed by atoms with van der Waals surface area (Å²) >= 11 is 1.48. The largest absolute Gasteiger partial charge is 0.445 e. The molecule has 1 aliphatic heterocycles. The van der Waals surface area contributed by atoms with Crippen LogP contribution >= 0.6 is 11.3 Å². The van der Waals surface area contributed by atoms with Crippen LogP contribution < -0.4 is 43.8 Å². The summed E-state index contributed by atoms with van der Waals surface area (Å²) < 4.78 is 50.9. The van der Waals surface area contributed by atoms with E-state index in [1.54, 1.807) is 56.6 Å². The molecule has 10 atom stereocenters. The Labute approximate surface area is 587 Å². The lowest BCUT2D eigenvalue weighted by Crippen LogP contribution is -2.63. The number of likely N-dealkylation sites (N-methyl/N-ethyl adjacent to an activating group) is 1. The predicted octanol–water partition coefficient (Wildman–Crippen LogP) is 4.31. The predicted molar refractivity (Wildman–Crippen MR) is 373 cm³/mol. The van der Waals surface area contributed by atoms with Gasteiger partial charge in [0.25, 0.3) is 0 Å². The Bertz CT molecular complexity index is 2880. The Balaban J connectivity index is 0.922. The van der Waals surface area contributed by atoms with Gasteiger partial charge < -0.3 is 96.2 Å². The SMILES string of the molecule is CC[C@H](C)[C@@H]([C@@H](CC(=O)N1CCC[C@H]1[C@H](OC)[C@@H](C)C(=O)N[C@@H](Cc1ccccc1)c1nccs1)OC)N(C)C(=O)[C@@H](NC(=O)C1(NC(=O)CCOCCOCCOCCOCCOCCOCCNC(=O)OCc2ccc(N[C@@H](CCC(N)C(N)=O)C(N)=O)cc2)CCCC1)C(C)C. The van der Waals surface area contributed by atoms with Crippen molar-refractivity contribution in [1.82, 2.24) is 36.1 Å². The molecule has 5 rings (SSSR count). The van der Waals surface area contributed by atoms with Crippen LogP contribution in [-0.2, 0) is 89.2 Å². The number of nitrogens with zero attached hydrogens (tertiary/aromatic N) is 3. The first-order chi connectivity index (χ1) is 47.6. The van der Waals surface area contributed by atoms with Crippen LogP contribution in [0.1, 0.15) is 127 Å². The van der Waals surface area contributed by atoms with Crippen molar-refractivity contribution >= 4 is 64.5 Å². The van der Waals surface area contributed by atoms with Gasteiger partial charge >= 0.3 is 6.09 Å². The number of alkyl carbamates (subject to hydrolysis) is 1. The van der Waals surface area contributed by atoms with Crippen LogP contribution in [0.25, 0.3) is 0 Å². The molecule has 29 heteroatoms. The molecule has 2 heterocycles. The molecule has 554 valence electrons. The molecule has 1 aliphatic carbocycles. The second kappa shape index (κ2) is 45.0. The zero-order chi connectivity index (χ0) is 72.1. The second-order valence-corrected chi connectivity index (χ2v) is 26.5. The van der Waals surface area contributed by atoms with E-state index in [4.69, 9.17) is 59.8 Å². The minimum atomic E-state index is -1.20. The van der Waals surface area contributed by atoms with Crippen LogP contribution in [0.15, 0.2) is 66.2 Å². The highest BCUT2D eigenvalue weighted by atomic mass is 32.1. The fraction of sp³-hybridized carbons (Fsp3) is 0.671. The van der Waals surface area contributed by atoms with Crippen molar-refractivity contribution in [3.8, 4) is 0 Å². The number of rotatable bonds is 50. The van der Waals surface area contributed by atoms with Crippen molar-refractivity contribution in [2.24, 2.45) is 35.0 Å². The number of hydrogen-bond donors (Lipinski definition) is 8. The average molecular weight is 1410 g/mol. The van der Waals surface area contributed by atoms with Gasteiger partial charge in [-0.3, -0.25) is 33.6 Å². The highest BCUT2D eigenvalue weighted by Gasteiger charge is 2.46. The van der Waals surface area contributed by atoms with Gasteiger partial charge in [0.2, 0.25) is 41.4 Å². The van der Waals surface area contributed by atoms with Crippen LogP contribution in [0.5, 0.6) is 0 Å². The fourth-order valence-electron chi connectivity index (χ4n) is 12.3. The van der Waals surface area contributed by atoms with E-state index < -0.39 is 71.6 Å². The van der Waals surface area contributed by atoms with E-state index in [9.17, 15) is 38.4 Å². The topological polar surface area (TPSA) is 377 Å². The second-order valence-electron chi connectivity index (χ2n) is 25.6. The number of thiazole rings is 1. The molecule has 11 N–H and O–H groups in total. The Hall–Kier alpha value is -6.93. The molecule has 1 aromatic heterocycles. The normalized spacial score (nSPS) is 17.1. The zero-order valence-corrected chi connectivity index (χ0v) is 60.0. The Morgan fingerprint density at radius 2 is 1.34 bits per heavy atom. The summed E-state index contributed by atoms with van der Waals surface area (Å²) in [4.78, 5) is 114. The van der Waals surface area contributed by atoms with Crippen LogP contribution in [-0.4, -0.2) is 224 Å². The number of aromatic nitrogens is 1. The van der Waals surface area contributed by atoms with Gasteiger partial charge in [0.15, 0.2) is 0 Å². The van der Waals surface area contributed by atoms with Crippen molar-refractivity contribution in [3.05, 3.63) is 82.3 Å². The van der Waals surface area contributed by atoms with Gasteiger partial charge in [0, 0.05) is 58.0 Å². The summed E-state index contributed by atoms with van der Waals surface area (Å²) in [5.74, 6) is -3.77. The molecule has 0 bridgehead atoms. The van der Waals surface area contributed by atoms with E-state index in [-0.39, 0.29) is 113 Å². The van der Waals surface area contributed by atoms with Gasteiger partial charge in [-0.1, -0.05) is 96.3 Å². The molecule has 2 aliphatic rings. The van der Waals surface area contributed by atoms with Crippen molar-refractivity contribution in [1.29, 1.82) is 0 Å². The van der Waals surface area contributed by atoms with Gasteiger partial charge in [-0.05, 0) is 80.0 Å².